The lowest BCUT2D eigenvalue weighted by Gasteiger charge is -2.41. The maximum Gasteiger partial charge on any atom is 0.261 e. The summed E-state index contributed by atoms with van der Waals surface area (Å²) >= 11 is 0. The zero-order valence-corrected chi connectivity index (χ0v) is 28.8. The fourth-order valence-corrected chi connectivity index (χ4v) is 8.99. The standard InChI is InChI=1S/C41H54N4O3/c42-37-22-21-36-39-34(37)18-9-19-35(39)40(46)45(41(36)47)24-6-1-2-7-29-48-38-20-10-16-32-30(12-8-17-33(32)38)13-11-23-43-25-27-44(28-26-43)31-14-4-3-5-15-31/h9-10,16,18-22,30-31H,1-8,11-15,17,23-29,42H2. The van der Waals surface area contributed by atoms with Crippen molar-refractivity contribution < 1.29 is 14.3 Å². The number of imide groups is 1. The molecule has 4 aliphatic rings. The van der Waals surface area contributed by atoms with Crippen LogP contribution < -0.4 is 10.5 Å². The summed E-state index contributed by atoms with van der Waals surface area (Å²) in [5.41, 5.74) is 10.8. The molecule has 1 saturated carbocycles. The van der Waals surface area contributed by atoms with Gasteiger partial charge in [-0.3, -0.25) is 19.4 Å². The van der Waals surface area contributed by atoms with Gasteiger partial charge in [-0.25, -0.2) is 0 Å². The average molecular weight is 651 g/mol. The Morgan fingerprint density at radius 2 is 1.50 bits per heavy atom. The molecule has 1 unspecified atom stereocenters. The van der Waals surface area contributed by atoms with Gasteiger partial charge < -0.3 is 15.4 Å². The number of carbonyl (C=O) groups is 2. The van der Waals surface area contributed by atoms with E-state index in [2.05, 4.69) is 28.0 Å². The first kappa shape index (κ1) is 33.1. The molecule has 3 aromatic carbocycles. The van der Waals surface area contributed by atoms with Crippen LogP contribution in [-0.4, -0.2) is 78.4 Å². The van der Waals surface area contributed by atoms with Gasteiger partial charge in [0.15, 0.2) is 0 Å². The summed E-state index contributed by atoms with van der Waals surface area (Å²) in [6, 6.07) is 16.6. The van der Waals surface area contributed by atoms with E-state index in [0.29, 0.717) is 41.3 Å². The van der Waals surface area contributed by atoms with Crippen LogP contribution in [0.25, 0.3) is 10.8 Å². The minimum absolute atomic E-state index is 0.216. The van der Waals surface area contributed by atoms with E-state index in [1.165, 1.54) is 107 Å². The van der Waals surface area contributed by atoms with Crippen molar-refractivity contribution in [1.29, 1.82) is 0 Å². The van der Waals surface area contributed by atoms with E-state index in [0.717, 1.165) is 49.3 Å². The molecule has 3 aromatic rings. The first-order valence-electron chi connectivity index (χ1n) is 19.0. The fraction of sp³-hybridized carbons (Fsp3) is 0.561. The predicted molar refractivity (Wildman–Crippen MR) is 194 cm³/mol. The van der Waals surface area contributed by atoms with Crippen LogP contribution in [0.2, 0.25) is 0 Å². The number of ether oxygens (including phenoxy) is 1. The molecule has 2 fully saturated rings. The third-order valence-corrected chi connectivity index (χ3v) is 11.7. The second kappa shape index (κ2) is 15.4. The van der Waals surface area contributed by atoms with E-state index in [4.69, 9.17) is 10.5 Å². The Hall–Kier alpha value is -3.42. The lowest BCUT2D eigenvalue weighted by molar-refractivity contribution is 0.0607. The molecule has 2 aliphatic heterocycles. The summed E-state index contributed by atoms with van der Waals surface area (Å²) < 4.78 is 6.38. The van der Waals surface area contributed by atoms with Gasteiger partial charge in [0.25, 0.3) is 11.8 Å². The Bertz CT molecular complexity index is 1570. The minimum Gasteiger partial charge on any atom is -0.493 e. The van der Waals surface area contributed by atoms with Crippen molar-refractivity contribution in [1.82, 2.24) is 14.7 Å². The molecule has 0 spiro atoms. The molecule has 0 radical (unpaired) electrons. The van der Waals surface area contributed by atoms with E-state index < -0.39 is 0 Å². The Kier molecular flexibility index (Phi) is 10.6. The number of nitrogen functional groups attached to an aromatic ring is 1. The van der Waals surface area contributed by atoms with Crippen LogP contribution in [0.4, 0.5) is 5.69 Å². The molecule has 7 heteroatoms. The lowest BCUT2D eigenvalue weighted by atomic mass is 9.80. The zero-order valence-electron chi connectivity index (χ0n) is 28.8. The van der Waals surface area contributed by atoms with Crippen LogP contribution in [0.5, 0.6) is 5.75 Å². The Balaban J connectivity index is 0.826. The quantitative estimate of drug-likeness (QED) is 0.116. The van der Waals surface area contributed by atoms with Crippen LogP contribution in [0, 0.1) is 0 Å². The van der Waals surface area contributed by atoms with Gasteiger partial charge in [-0.05, 0) is 106 Å². The molecule has 0 bridgehead atoms. The maximum atomic E-state index is 13.2. The molecule has 2 heterocycles. The molecule has 2 N–H and O–H groups in total. The van der Waals surface area contributed by atoms with E-state index in [9.17, 15) is 9.59 Å². The third kappa shape index (κ3) is 7.13. The Morgan fingerprint density at radius 1 is 0.729 bits per heavy atom. The van der Waals surface area contributed by atoms with Crippen LogP contribution in [0.15, 0.2) is 48.5 Å². The summed E-state index contributed by atoms with van der Waals surface area (Å²) in [6.07, 6.45) is 17.1. The van der Waals surface area contributed by atoms with Crippen LogP contribution in [0.1, 0.15) is 121 Å². The highest BCUT2D eigenvalue weighted by molar-refractivity contribution is 6.26. The Morgan fingerprint density at radius 3 is 2.33 bits per heavy atom. The van der Waals surface area contributed by atoms with Crippen molar-refractivity contribution >= 4 is 28.3 Å². The first-order valence-corrected chi connectivity index (χ1v) is 19.0. The number of benzene rings is 3. The highest BCUT2D eigenvalue weighted by Crippen LogP contribution is 2.39. The predicted octanol–water partition coefficient (Wildman–Crippen LogP) is 7.81. The number of piperazine rings is 1. The van der Waals surface area contributed by atoms with Crippen molar-refractivity contribution in [3.63, 3.8) is 0 Å². The number of rotatable bonds is 13. The molecule has 1 atom stereocenters. The summed E-state index contributed by atoms with van der Waals surface area (Å²) in [5.74, 6) is 1.30. The summed E-state index contributed by atoms with van der Waals surface area (Å²) in [5, 5.41) is 1.46. The maximum absolute atomic E-state index is 13.2. The SMILES string of the molecule is Nc1ccc2c3c(cccc13)C(=O)N(CCCCCCOc1cccc3c1CCCC3CCCN1CCN(C3CCCCC3)CC1)C2=O. The fourth-order valence-electron chi connectivity index (χ4n) is 8.99. The summed E-state index contributed by atoms with van der Waals surface area (Å²) in [6.45, 7) is 7.38. The normalized spacial score (nSPS) is 20.8. The molecule has 48 heavy (non-hydrogen) atoms. The lowest BCUT2D eigenvalue weighted by Crippen LogP contribution is -2.50. The molecule has 2 aliphatic carbocycles. The highest BCUT2D eigenvalue weighted by atomic mass is 16.5. The number of hydrogen-bond acceptors (Lipinski definition) is 6. The van der Waals surface area contributed by atoms with Crippen molar-refractivity contribution in [2.45, 2.75) is 102 Å². The minimum atomic E-state index is -0.216. The number of fused-ring (bicyclic) bond motifs is 1. The van der Waals surface area contributed by atoms with Gasteiger partial charge in [-0.1, -0.05) is 56.4 Å². The number of carbonyl (C=O) groups excluding carboxylic acids is 2. The van der Waals surface area contributed by atoms with Crippen molar-refractivity contribution in [2.75, 3.05) is 51.6 Å². The summed E-state index contributed by atoms with van der Waals surface area (Å²) in [7, 11) is 0. The van der Waals surface area contributed by atoms with E-state index in [1.54, 1.807) is 18.2 Å². The molecule has 7 rings (SSSR count). The van der Waals surface area contributed by atoms with Crippen molar-refractivity contribution in [2.24, 2.45) is 0 Å². The monoisotopic (exact) mass is 650 g/mol. The van der Waals surface area contributed by atoms with Gasteiger partial charge in [0, 0.05) is 66.4 Å². The largest absolute Gasteiger partial charge is 0.493 e. The molecule has 0 aromatic heterocycles. The van der Waals surface area contributed by atoms with Crippen molar-refractivity contribution in [3.05, 3.63) is 70.8 Å². The second-order valence-corrected chi connectivity index (χ2v) is 14.7. The van der Waals surface area contributed by atoms with Crippen LogP contribution >= 0.6 is 0 Å². The van der Waals surface area contributed by atoms with Gasteiger partial charge in [0.2, 0.25) is 0 Å². The van der Waals surface area contributed by atoms with Gasteiger partial charge in [-0.2, -0.15) is 0 Å². The number of amides is 2. The van der Waals surface area contributed by atoms with E-state index in [1.807, 2.05) is 12.1 Å². The second-order valence-electron chi connectivity index (χ2n) is 14.7. The number of nitrogens with zero attached hydrogens (tertiary/aromatic N) is 3. The van der Waals surface area contributed by atoms with Gasteiger partial charge in [0.1, 0.15) is 5.75 Å². The van der Waals surface area contributed by atoms with Gasteiger partial charge >= 0.3 is 0 Å². The van der Waals surface area contributed by atoms with E-state index >= 15 is 0 Å². The molecular weight excluding hydrogens is 596 g/mol. The number of anilines is 1. The van der Waals surface area contributed by atoms with Crippen molar-refractivity contribution in [3.8, 4) is 5.75 Å². The first-order chi connectivity index (χ1) is 23.6. The molecule has 256 valence electrons. The van der Waals surface area contributed by atoms with Gasteiger partial charge in [-0.15, -0.1) is 0 Å². The molecule has 1 saturated heterocycles. The van der Waals surface area contributed by atoms with Gasteiger partial charge in [0.05, 0.1) is 6.61 Å². The van der Waals surface area contributed by atoms with Crippen LogP contribution in [-0.2, 0) is 6.42 Å². The topological polar surface area (TPSA) is 79.1 Å². The summed E-state index contributed by atoms with van der Waals surface area (Å²) in [4.78, 5) is 33.3. The molecule has 2 amide bonds. The third-order valence-electron chi connectivity index (χ3n) is 11.7. The van der Waals surface area contributed by atoms with Crippen LogP contribution in [0.3, 0.4) is 0 Å². The number of nitrogens with two attached hydrogens (primary N) is 1. The number of unbranched alkanes of at least 4 members (excludes halogenated alkanes) is 3. The number of hydrogen-bond donors (Lipinski definition) is 1. The zero-order chi connectivity index (χ0) is 32.9. The Labute approximate surface area is 286 Å². The molecule has 7 nitrogen and oxygen atoms in total. The average Bonchev–Trinajstić information content (AvgIpc) is 3.13. The molecular formula is C41H54N4O3. The van der Waals surface area contributed by atoms with E-state index in [-0.39, 0.29) is 11.8 Å². The highest BCUT2D eigenvalue weighted by Gasteiger charge is 2.33. The smallest absolute Gasteiger partial charge is 0.261 e.